The van der Waals surface area contributed by atoms with Gasteiger partial charge in [0.05, 0.1) is 23.0 Å². The molecule has 1 amide bonds. The SMILES string of the molecule is Cc1c(C(=O)Nc2c(F)cccc2C(=O)O)cnn1C. The highest BCUT2D eigenvalue weighted by atomic mass is 19.1. The zero-order chi connectivity index (χ0) is 14.9. The molecule has 0 aliphatic carbocycles. The molecule has 2 aromatic rings. The molecule has 1 aromatic heterocycles. The molecule has 0 saturated heterocycles. The molecule has 6 nitrogen and oxygen atoms in total. The molecule has 7 heteroatoms. The molecule has 0 saturated carbocycles. The Labute approximate surface area is 113 Å². The van der Waals surface area contributed by atoms with Crippen molar-refractivity contribution in [1.29, 1.82) is 0 Å². The highest BCUT2D eigenvalue weighted by Crippen LogP contribution is 2.21. The Morgan fingerprint density at radius 1 is 1.35 bits per heavy atom. The summed E-state index contributed by atoms with van der Waals surface area (Å²) in [5, 5.41) is 15.2. The molecule has 0 radical (unpaired) electrons. The molecule has 20 heavy (non-hydrogen) atoms. The maximum Gasteiger partial charge on any atom is 0.337 e. The molecule has 0 aliphatic heterocycles. The van der Waals surface area contributed by atoms with Crippen LogP contribution in [0.15, 0.2) is 24.4 Å². The number of carboxylic acids is 1. The first-order chi connectivity index (χ1) is 9.41. The summed E-state index contributed by atoms with van der Waals surface area (Å²) < 4.78 is 15.2. The van der Waals surface area contributed by atoms with Crippen LogP contribution in [0.4, 0.5) is 10.1 Å². The Balaban J connectivity index is 2.38. The van der Waals surface area contributed by atoms with Gasteiger partial charge >= 0.3 is 5.97 Å². The van der Waals surface area contributed by atoms with E-state index in [1.165, 1.54) is 23.0 Å². The summed E-state index contributed by atoms with van der Waals surface area (Å²) >= 11 is 0. The van der Waals surface area contributed by atoms with Crippen LogP contribution in [0, 0.1) is 12.7 Å². The number of carbonyl (C=O) groups is 2. The van der Waals surface area contributed by atoms with Crippen molar-refractivity contribution in [2.24, 2.45) is 7.05 Å². The fourth-order valence-corrected chi connectivity index (χ4v) is 1.73. The lowest BCUT2D eigenvalue weighted by molar-refractivity contribution is 0.0697. The van der Waals surface area contributed by atoms with Gasteiger partial charge in [0.25, 0.3) is 5.91 Å². The molecule has 2 rings (SSSR count). The summed E-state index contributed by atoms with van der Waals surface area (Å²) in [6, 6.07) is 3.57. The topological polar surface area (TPSA) is 84.2 Å². The highest BCUT2D eigenvalue weighted by molar-refractivity contribution is 6.08. The average molecular weight is 277 g/mol. The van der Waals surface area contributed by atoms with Crippen LogP contribution >= 0.6 is 0 Å². The minimum absolute atomic E-state index is 0.257. The number of benzene rings is 1. The van der Waals surface area contributed by atoms with Crippen molar-refractivity contribution in [3.63, 3.8) is 0 Å². The lowest BCUT2D eigenvalue weighted by Crippen LogP contribution is -2.17. The summed E-state index contributed by atoms with van der Waals surface area (Å²) in [6.07, 6.45) is 1.34. The number of aromatic carboxylic acids is 1. The Bertz CT molecular complexity index is 694. The molecule has 104 valence electrons. The van der Waals surface area contributed by atoms with Gasteiger partial charge in [0.15, 0.2) is 0 Å². The lowest BCUT2D eigenvalue weighted by Gasteiger charge is -2.09. The minimum atomic E-state index is -1.32. The van der Waals surface area contributed by atoms with E-state index in [-0.39, 0.29) is 16.8 Å². The largest absolute Gasteiger partial charge is 0.478 e. The highest BCUT2D eigenvalue weighted by Gasteiger charge is 2.19. The van der Waals surface area contributed by atoms with Crippen LogP contribution in [-0.4, -0.2) is 26.8 Å². The van der Waals surface area contributed by atoms with E-state index < -0.39 is 17.7 Å². The number of carboxylic acid groups (broad SMARTS) is 1. The van der Waals surface area contributed by atoms with Crippen molar-refractivity contribution in [1.82, 2.24) is 9.78 Å². The summed E-state index contributed by atoms with van der Waals surface area (Å²) in [5.74, 6) is -2.73. The normalized spacial score (nSPS) is 10.3. The van der Waals surface area contributed by atoms with Gasteiger partial charge in [-0.15, -0.1) is 0 Å². The smallest absolute Gasteiger partial charge is 0.337 e. The van der Waals surface area contributed by atoms with E-state index >= 15 is 0 Å². The number of hydrogen-bond acceptors (Lipinski definition) is 3. The van der Waals surface area contributed by atoms with Crippen molar-refractivity contribution in [2.75, 3.05) is 5.32 Å². The number of aryl methyl sites for hydroxylation is 1. The van der Waals surface area contributed by atoms with Crippen LogP contribution in [-0.2, 0) is 7.05 Å². The molecule has 0 aliphatic rings. The van der Waals surface area contributed by atoms with E-state index in [1.54, 1.807) is 14.0 Å². The molecule has 2 N–H and O–H groups in total. The van der Waals surface area contributed by atoms with Crippen LogP contribution in [0.25, 0.3) is 0 Å². The van der Waals surface area contributed by atoms with Crippen molar-refractivity contribution in [3.05, 3.63) is 47.0 Å². The van der Waals surface area contributed by atoms with Crippen LogP contribution in [0.1, 0.15) is 26.4 Å². The third-order valence-electron chi connectivity index (χ3n) is 2.96. The van der Waals surface area contributed by atoms with Gasteiger partial charge in [-0.3, -0.25) is 9.48 Å². The Morgan fingerprint density at radius 3 is 2.60 bits per heavy atom. The first-order valence-corrected chi connectivity index (χ1v) is 5.73. The quantitative estimate of drug-likeness (QED) is 0.896. The van der Waals surface area contributed by atoms with E-state index in [4.69, 9.17) is 5.11 Å². The molecule has 1 aromatic carbocycles. The third kappa shape index (κ3) is 2.37. The molecule has 0 atom stereocenters. The zero-order valence-corrected chi connectivity index (χ0v) is 10.8. The standard InChI is InChI=1S/C13H12FN3O3/c1-7-9(6-15-17(7)2)12(18)16-11-8(13(19)20)4-3-5-10(11)14/h3-6H,1-2H3,(H,16,18)(H,19,20). The number of halogens is 1. The van der Waals surface area contributed by atoms with Crippen LogP contribution in [0.5, 0.6) is 0 Å². The van der Waals surface area contributed by atoms with Gasteiger partial charge in [0, 0.05) is 12.7 Å². The van der Waals surface area contributed by atoms with Gasteiger partial charge in [-0.2, -0.15) is 5.10 Å². The Kier molecular flexibility index (Phi) is 3.51. The van der Waals surface area contributed by atoms with Crippen LogP contribution in [0.2, 0.25) is 0 Å². The monoisotopic (exact) mass is 277 g/mol. The maximum atomic E-state index is 13.7. The van der Waals surface area contributed by atoms with Crippen molar-refractivity contribution in [3.8, 4) is 0 Å². The summed E-state index contributed by atoms with van der Waals surface area (Å²) in [4.78, 5) is 23.1. The van der Waals surface area contributed by atoms with E-state index in [1.807, 2.05) is 0 Å². The number of anilines is 1. The summed E-state index contributed by atoms with van der Waals surface area (Å²) in [7, 11) is 1.66. The van der Waals surface area contributed by atoms with E-state index in [2.05, 4.69) is 10.4 Å². The number of para-hydroxylation sites is 1. The zero-order valence-electron chi connectivity index (χ0n) is 10.8. The Hall–Kier alpha value is -2.70. The number of amides is 1. The first kappa shape index (κ1) is 13.7. The second kappa shape index (κ2) is 5.12. The predicted molar refractivity (Wildman–Crippen MR) is 69.3 cm³/mol. The third-order valence-corrected chi connectivity index (χ3v) is 2.96. The van der Waals surface area contributed by atoms with Gasteiger partial charge < -0.3 is 10.4 Å². The molecule has 0 unspecified atom stereocenters. The van der Waals surface area contributed by atoms with Crippen molar-refractivity contribution < 1.29 is 19.1 Å². The van der Waals surface area contributed by atoms with Crippen molar-refractivity contribution >= 4 is 17.6 Å². The Morgan fingerprint density at radius 2 is 2.05 bits per heavy atom. The predicted octanol–water partition coefficient (Wildman–Crippen LogP) is 1.82. The number of nitrogens with zero attached hydrogens (tertiary/aromatic N) is 2. The summed E-state index contributed by atoms with van der Waals surface area (Å²) in [6.45, 7) is 1.68. The maximum absolute atomic E-state index is 13.7. The molecular weight excluding hydrogens is 265 g/mol. The van der Waals surface area contributed by atoms with E-state index in [0.29, 0.717) is 5.69 Å². The molecule has 0 fully saturated rings. The number of aromatic nitrogens is 2. The molecule has 0 spiro atoms. The van der Waals surface area contributed by atoms with Gasteiger partial charge in [-0.25, -0.2) is 9.18 Å². The second-order valence-electron chi connectivity index (χ2n) is 4.19. The van der Waals surface area contributed by atoms with Gasteiger partial charge in [0.1, 0.15) is 5.82 Å². The van der Waals surface area contributed by atoms with E-state index in [9.17, 15) is 14.0 Å². The van der Waals surface area contributed by atoms with Gasteiger partial charge in [0.2, 0.25) is 0 Å². The average Bonchev–Trinajstić information content (AvgIpc) is 2.72. The fraction of sp³-hybridized carbons (Fsp3) is 0.154. The van der Waals surface area contributed by atoms with Gasteiger partial charge in [-0.05, 0) is 19.1 Å². The number of nitrogens with one attached hydrogen (secondary N) is 1. The molecule has 1 heterocycles. The van der Waals surface area contributed by atoms with Crippen molar-refractivity contribution in [2.45, 2.75) is 6.92 Å². The summed E-state index contributed by atoms with van der Waals surface area (Å²) in [5.41, 5.74) is 0.191. The lowest BCUT2D eigenvalue weighted by atomic mass is 10.1. The minimum Gasteiger partial charge on any atom is -0.478 e. The van der Waals surface area contributed by atoms with Crippen LogP contribution in [0.3, 0.4) is 0 Å². The molecular formula is C13H12FN3O3. The number of carbonyl (C=O) groups excluding carboxylic acids is 1. The molecule has 0 bridgehead atoms. The fourth-order valence-electron chi connectivity index (χ4n) is 1.73. The van der Waals surface area contributed by atoms with E-state index in [0.717, 1.165) is 6.07 Å². The van der Waals surface area contributed by atoms with Gasteiger partial charge in [-0.1, -0.05) is 6.07 Å². The van der Waals surface area contributed by atoms with Crippen LogP contribution < -0.4 is 5.32 Å². The number of hydrogen-bond donors (Lipinski definition) is 2. The second-order valence-corrected chi connectivity index (χ2v) is 4.19. The number of rotatable bonds is 3. The first-order valence-electron chi connectivity index (χ1n) is 5.73.